The molecule has 0 radical (unpaired) electrons. The molecule has 1 aromatic carbocycles. The van der Waals surface area contributed by atoms with Crippen molar-refractivity contribution in [1.82, 2.24) is 5.32 Å². The third-order valence-electron chi connectivity index (χ3n) is 2.79. The van der Waals surface area contributed by atoms with E-state index in [1.54, 1.807) is 0 Å². The van der Waals surface area contributed by atoms with Crippen LogP contribution in [0.3, 0.4) is 0 Å². The Morgan fingerprint density at radius 1 is 1.25 bits per heavy atom. The van der Waals surface area contributed by atoms with Crippen LogP contribution in [0.1, 0.15) is 50.8 Å². The van der Waals surface area contributed by atoms with Crippen molar-refractivity contribution in [3.8, 4) is 0 Å². The minimum Gasteiger partial charge on any atom is -0.310 e. The minimum atomic E-state index is 0.514. The first kappa shape index (κ1) is 13.2. The van der Waals surface area contributed by atoms with E-state index in [9.17, 15) is 0 Å². The van der Waals surface area contributed by atoms with Crippen molar-refractivity contribution in [2.24, 2.45) is 5.92 Å². The number of benzene rings is 1. The molecule has 0 aliphatic heterocycles. The molecule has 1 nitrogen and oxygen atoms in total. The summed E-state index contributed by atoms with van der Waals surface area (Å²) in [6.45, 7) is 10.1. The molecular formula is C15H25N. The van der Waals surface area contributed by atoms with Gasteiger partial charge in [0.1, 0.15) is 0 Å². The van der Waals surface area contributed by atoms with E-state index < -0.39 is 0 Å². The van der Waals surface area contributed by atoms with E-state index in [0.29, 0.717) is 6.04 Å². The Kier molecular flexibility index (Phi) is 5.54. The van der Waals surface area contributed by atoms with Gasteiger partial charge in [-0.3, -0.25) is 0 Å². The Bertz CT molecular complexity index is 304. The molecule has 1 unspecified atom stereocenters. The average Bonchev–Trinajstić information content (AvgIpc) is 2.23. The third-order valence-corrected chi connectivity index (χ3v) is 2.79. The highest BCUT2D eigenvalue weighted by atomic mass is 14.9. The van der Waals surface area contributed by atoms with Crippen LogP contribution in [-0.2, 0) is 0 Å². The molecule has 1 heteroatoms. The summed E-state index contributed by atoms with van der Waals surface area (Å²) in [5.41, 5.74) is 2.78. The Labute approximate surface area is 100 Å². The lowest BCUT2D eigenvalue weighted by molar-refractivity contribution is 0.430. The highest BCUT2D eigenvalue weighted by Gasteiger charge is 2.12. The number of rotatable bonds is 6. The van der Waals surface area contributed by atoms with Gasteiger partial charge in [0, 0.05) is 6.04 Å². The second-order valence-corrected chi connectivity index (χ2v) is 5.05. The Hall–Kier alpha value is -0.820. The fourth-order valence-corrected chi connectivity index (χ4v) is 2.01. The maximum atomic E-state index is 3.64. The van der Waals surface area contributed by atoms with Gasteiger partial charge < -0.3 is 5.32 Å². The zero-order valence-corrected chi connectivity index (χ0v) is 11.1. The lowest BCUT2D eigenvalue weighted by atomic mass is 9.96. The maximum absolute atomic E-state index is 3.64. The summed E-state index contributed by atoms with van der Waals surface area (Å²) in [5.74, 6) is 0.731. The molecule has 0 aromatic heterocycles. The summed E-state index contributed by atoms with van der Waals surface area (Å²) >= 11 is 0. The first-order valence-corrected chi connectivity index (χ1v) is 6.43. The molecule has 0 aliphatic carbocycles. The molecule has 0 spiro atoms. The second-order valence-electron chi connectivity index (χ2n) is 5.05. The predicted molar refractivity (Wildman–Crippen MR) is 71.7 cm³/mol. The van der Waals surface area contributed by atoms with Crippen LogP contribution in [0.5, 0.6) is 0 Å². The highest BCUT2D eigenvalue weighted by Crippen LogP contribution is 2.21. The molecule has 0 bridgehead atoms. The monoisotopic (exact) mass is 219 g/mol. The van der Waals surface area contributed by atoms with Crippen molar-refractivity contribution in [2.45, 2.75) is 46.6 Å². The summed E-state index contributed by atoms with van der Waals surface area (Å²) < 4.78 is 0. The fraction of sp³-hybridized carbons (Fsp3) is 0.600. The van der Waals surface area contributed by atoms with Gasteiger partial charge in [-0.05, 0) is 37.8 Å². The van der Waals surface area contributed by atoms with Crippen LogP contribution in [0.2, 0.25) is 0 Å². The van der Waals surface area contributed by atoms with Crippen molar-refractivity contribution in [3.05, 3.63) is 35.4 Å². The number of aryl methyl sites for hydroxylation is 1. The second kappa shape index (κ2) is 6.70. The Morgan fingerprint density at radius 3 is 2.56 bits per heavy atom. The number of hydrogen-bond donors (Lipinski definition) is 1. The van der Waals surface area contributed by atoms with E-state index in [4.69, 9.17) is 0 Å². The SMILES string of the molecule is CCCNC(CC(C)C)c1cccc(C)c1. The molecule has 1 atom stereocenters. The van der Waals surface area contributed by atoms with Gasteiger partial charge in [-0.25, -0.2) is 0 Å². The van der Waals surface area contributed by atoms with Gasteiger partial charge in [-0.15, -0.1) is 0 Å². The normalized spacial score (nSPS) is 13.1. The minimum absolute atomic E-state index is 0.514. The third kappa shape index (κ3) is 4.36. The van der Waals surface area contributed by atoms with Crippen molar-refractivity contribution < 1.29 is 0 Å². The predicted octanol–water partition coefficient (Wildman–Crippen LogP) is 4.08. The van der Waals surface area contributed by atoms with E-state index in [0.717, 1.165) is 12.5 Å². The van der Waals surface area contributed by atoms with Gasteiger partial charge in [-0.1, -0.05) is 50.6 Å². The van der Waals surface area contributed by atoms with Crippen LogP contribution in [0.15, 0.2) is 24.3 Å². The first-order valence-electron chi connectivity index (χ1n) is 6.43. The first-order chi connectivity index (χ1) is 7.63. The van der Waals surface area contributed by atoms with E-state index in [1.807, 2.05) is 0 Å². The number of nitrogens with one attached hydrogen (secondary N) is 1. The molecule has 1 N–H and O–H groups in total. The van der Waals surface area contributed by atoms with E-state index in [2.05, 4.69) is 57.3 Å². The summed E-state index contributed by atoms with van der Waals surface area (Å²) in [6, 6.07) is 9.37. The fourth-order valence-electron chi connectivity index (χ4n) is 2.01. The lowest BCUT2D eigenvalue weighted by Gasteiger charge is -2.21. The zero-order chi connectivity index (χ0) is 12.0. The van der Waals surface area contributed by atoms with Crippen molar-refractivity contribution in [2.75, 3.05) is 6.54 Å². The van der Waals surface area contributed by atoms with Crippen molar-refractivity contribution in [1.29, 1.82) is 0 Å². The molecular weight excluding hydrogens is 194 g/mol. The van der Waals surface area contributed by atoms with Crippen molar-refractivity contribution in [3.63, 3.8) is 0 Å². The molecule has 90 valence electrons. The highest BCUT2D eigenvalue weighted by molar-refractivity contribution is 5.25. The van der Waals surface area contributed by atoms with Gasteiger partial charge in [-0.2, -0.15) is 0 Å². The molecule has 1 aromatic rings. The van der Waals surface area contributed by atoms with E-state index >= 15 is 0 Å². The van der Waals surface area contributed by atoms with Crippen LogP contribution in [0, 0.1) is 12.8 Å². The summed E-state index contributed by atoms with van der Waals surface area (Å²) in [4.78, 5) is 0. The summed E-state index contributed by atoms with van der Waals surface area (Å²) in [6.07, 6.45) is 2.41. The molecule has 0 fully saturated rings. The molecule has 0 aliphatic rings. The standard InChI is InChI=1S/C15H25N/c1-5-9-16-15(10-12(2)3)14-8-6-7-13(4)11-14/h6-8,11-12,15-16H,5,9-10H2,1-4H3. The van der Waals surface area contributed by atoms with Gasteiger partial charge in [0.15, 0.2) is 0 Å². The molecule has 0 saturated carbocycles. The van der Waals surface area contributed by atoms with Crippen LogP contribution in [-0.4, -0.2) is 6.54 Å². The molecule has 16 heavy (non-hydrogen) atoms. The van der Waals surface area contributed by atoms with Gasteiger partial charge >= 0.3 is 0 Å². The van der Waals surface area contributed by atoms with Crippen LogP contribution in [0.4, 0.5) is 0 Å². The van der Waals surface area contributed by atoms with Gasteiger partial charge in [0.05, 0.1) is 0 Å². The molecule has 0 amide bonds. The molecule has 0 saturated heterocycles. The molecule has 1 rings (SSSR count). The number of hydrogen-bond acceptors (Lipinski definition) is 1. The molecule has 0 heterocycles. The lowest BCUT2D eigenvalue weighted by Crippen LogP contribution is -2.23. The zero-order valence-electron chi connectivity index (χ0n) is 11.1. The van der Waals surface area contributed by atoms with E-state index in [-0.39, 0.29) is 0 Å². The van der Waals surface area contributed by atoms with Crippen molar-refractivity contribution >= 4 is 0 Å². The smallest absolute Gasteiger partial charge is 0.0322 e. The van der Waals surface area contributed by atoms with Crippen LogP contribution >= 0.6 is 0 Å². The van der Waals surface area contributed by atoms with Gasteiger partial charge in [0.2, 0.25) is 0 Å². The summed E-state index contributed by atoms with van der Waals surface area (Å²) in [5, 5.41) is 3.64. The quantitative estimate of drug-likeness (QED) is 0.760. The largest absolute Gasteiger partial charge is 0.310 e. The maximum Gasteiger partial charge on any atom is 0.0322 e. The topological polar surface area (TPSA) is 12.0 Å². The van der Waals surface area contributed by atoms with Crippen LogP contribution < -0.4 is 5.32 Å². The average molecular weight is 219 g/mol. The summed E-state index contributed by atoms with van der Waals surface area (Å²) in [7, 11) is 0. The Morgan fingerprint density at radius 2 is 2.00 bits per heavy atom. The van der Waals surface area contributed by atoms with Crippen LogP contribution in [0.25, 0.3) is 0 Å². The van der Waals surface area contributed by atoms with Gasteiger partial charge in [0.25, 0.3) is 0 Å². The Balaban J connectivity index is 2.74. The van der Waals surface area contributed by atoms with E-state index in [1.165, 1.54) is 24.0 Å².